The van der Waals surface area contributed by atoms with E-state index in [1.807, 2.05) is 37.3 Å². The van der Waals surface area contributed by atoms with Crippen molar-refractivity contribution in [2.24, 2.45) is 5.10 Å². The lowest BCUT2D eigenvalue weighted by Crippen LogP contribution is -2.45. The van der Waals surface area contributed by atoms with Gasteiger partial charge >= 0.3 is 0 Å². The zero-order valence-electron chi connectivity index (χ0n) is 12.0. The summed E-state index contributed by atoms with van der Waals surface area (Å²) in [6, 6.07) is 9.66. The summed E-state index contributed by atoms with van der Waals surface area (Å²) in [6.07, 6.45) is 0.779. The molecule has 4 heteroatoms. The molecule has 104 valence electrons. The molecular weight excluding hydrogens is 268 g/mol. The van der Waals surface area contributed by atoms with Crippen LogP contribution >= 0.6 is 11.8 Å². The van der Waals surface area contributed by atoms with Crippen molar-refractivity contribution in [3.63, 3.8) is 0 Å². The van der Waals surface area contributed by atoms with Gasteiger partial charge in [0.15, 0.2) is 0 Å². The Hall–Kier alpha value is -1.55. The number of carbonyl (C=O) groups is 1. The van der Waals surface area contributed by atoms with Crippen LogP contribution in [0, 0.1) is 0 Å². The van der Waals surface area contributed by atoms with Crippen LogP contribution in [-0.4, -0.2) is 22.1 Å². The van der Waals surface area contributed by atoms with E-state index in [2.05, 4.69) is 18.9 Å². The molecular formula is C16H18N2OS. The summed E-state index contributed by atoms with van der Waals surface area (Å²) in [4.78, 5) is 12.9. The van der Waals surface area contributed by atoms with E-state index in [0.29, 0.717) is 0 Å². The Kier molecular flexibility index (Phi) is 3.21. The molecule has 20 heavy (non-hydrogen) atoms. The lowest BCUT2D eigenvalue weighted by atomic mass is 9.92. The molecule has 3 nitrogen and oxygen atoms in total. The maximum Gasteiger partial charge on any atom is 0.269 e. The fourth-order valence-corrected chi connectivity index (χ4v) is 4.13. The lowest BCUT2D eigenvalue weighted by molar-refractivity contribution is -0.118. The van der Waals surface area contributed by atoms with Gasteiger partial charge in [0.1, 0.15) is 4.75 Å². The van der Waals surface area contributed by atoms with E-state index in [1.165, 1.54) is 11.1 Å². The third-order valence-electron chi connectivity index (χ3n) is 4.15. The Morgan fingerprint density at radius 3 is 2.50 bits per heavy atom. The summed E-state index contributed by atoms with van der Waals surface area (Å²) in [6.45, 7) is 6.25. The van der Waals surface area contributed by atoms with Crippen molar-refractivity contribution in [1.29, 1.82) is 0 Å². The van der Waals surface area contributed by atoms with Crippen molar-refractivity contribution >= 4 is 29.1 Å². The van der Waals surface area contributed by atoms with E-state index in [-0.39, 0.29) is 5.91 Å². The molecule has 1 amide bonds. The van der Waals surface area contributed by atoms with Crippen LogP contribution in [0.2, 0.25) is 0 Å². The highest BCUT2D eigenvalue weighted by Gasteiger charge is 2.51. The molecule has 3 rings (SSSR count). The van der Waals surface area contributed by atoms with Gasteiger partial charge in [0, 0.05) is 5.75 Å². The number of rotatable bonds is 1. The summed E-state index contributed by atoms with van der Waals surface area (Å²) in [5.41, 5.74) is 4.47. The summed E-state index contributed by atoms with van der Waals surface area (Å²) in [7, 11) is 0. The van der Waals surface area contributed by atoms with E-state index >= 15 is 0 Å². The molecule has 0 radical (unpaired) electrons. The van der Waals surface area contributed by atoms with Crippen LogP contribution < -0.4 is 5.01 Å². The standard InChI is InChI=1S/C16H18N2OS/c1-11-9-16(20-10-12(11)2)13(3)17-18(15(16)19)14-7-5-4-6-8-14/h4-8H,9-10H2,1-3H3/t16-/m0/s1. The highest BCUT2D eigenvalue weighted by Crippen LogP contribution is 2.45. The fraction of sp³-hybridized carbons (Fsp3) is 0.375. The SMILES string of the molecule is CC1=NN(c2ccccc2)C(=O)[C@]12CC(C)=C(C)CS2. The van der Waals surface area contributed by atoms with E-state index in [0.717, 1.165) is 23.6 Å². The number of amides is 1. The smallest absolute Gasteiger partial charge is 0.269 e. The third kappa shape index (κ3) is 1.90. The third-order valence-corrected chi connectivity index (χ3v) is 5.84. The van der Waals surface area contributed by atoms with Gasteiger partial charge in [-0.2, -0.15) is 10.1 Å². The topological polar surface area (TPSA) is 32.7 Å². The van der Waals surface area contributed by atoms with Crippen LogP contribution in [0.4, 0.5) is 5.69 Å². The minimum absolute atomic E-state index is 0.0954. The molecule has 1 spiro atoms. The highest BCUT2D eigenvalue weighted by molar-refractivity contribution is 8.02. The normalized spacial score (nSPS) is 26.4. The van der Waals surface area contributed by atoms with Crippen LogP contribution in [0.3, 0.4) is 0 Å². The molecule has 0 N–H and O–H groups in total. The van der Waals surface area contributed by atoms with Gasteiger partial charge in [0.25, 0.3) is 5.91 Å². The molecule has 2 heterocycles. The fourth-order valence-electron chi connectivity index (χ4n) is 2.65. The predicted molar refractivity (Wildman–Crippen MR) is 85.2 cm³/mol. The van der Waals surface area contributed by atoms with Crippen molar-refractivity contribution in [3.05, 3.63) is 41.5 Å². The van der Waals surface area contributed by atoms with E-state index in [4.69, 9.17) is 0 Å². The minimum Gasteiger partial charge on any atom is -0.270 e. The first-order valence-corrected chi connectivity index (χ1v) is 7.77. The number of benzene rings is 1. The van der Waals surface area contributed by atoms with Gasteiger partial charge in [-0.3, -0.25) is 4.79 Å². The van der Waals surface area contributed by atoms with Gasteiger partial charge in [0.2, 0.25) is 0 Å². The Morgan fingerprint density at radius 2 is 1.85 bits per heavy atom. The molecule has 0 saturated heterocycles. The van der Waals surface area contributed by atoms with Crippen LogP contribution in [0.5, 0.6) is 0 Å². The molecule has 0 fully saturated rings. The first-order chi connectivity index (χ1) is 9.54. The van der Waals surface area contributed by atoms with Gasteiger partial charge in [-0.05, 0) is 39.3 Å². The van der Waals surface area contributed by atoms with Crippen LogP contribution in [0.15, 0.2) is 46.6 Å². The summed E-state index contributed by atoms with van der Waals surface area (Å²) >= 11 is 1.72. The van der Waals surface area contributed by atoms with Gasteiger partial charge in [0.05, 0.1) is 11.4 Å². The number of para-hydroxylation sites is 1. The van der Waals surface area contributed by atoms with E-state index in [1.54, 1.807) is 16.8 Å². The number of carbonyl (C=O) groups excluding carboxylic acids is 1. The molecule has 1 aromatic rings. The molecule has 0 bridgehead atoms. The minimum atomic E-state index is -0.487. The van der Waals surface area contributed by atoms with Crippen molar-refractivity contribution in [3.8, 4) is 0 Å². The van der Waals surface area contributed by atoms with Gasteiger partial charge in [-0.25, -0.2) is 0 Å². The molecule has 0 aliphatic carbocycles. The second-order valence-corrected chi connectivity index (χ2v) is 6.77. The van der Waals surface area contributed by atoms with Crippen LogP contribution in [0.1, 0.15) is 27.2 Å². The molecule has 0 unspecified atom stereocenters. The molecule has 1 aromatic carbocycles. The van der Waals surface area contributed by atoms with Gasteiger partial charge < -0.3 is 0 Å². The number of allylic oxidation sites excluding steroid dienone is 1. The van der Waals surface area contributed by atoms with E-state index in [9.17, 15) is 4.79 Å². The van der Waals surface area contributed by atoms with Crippen molar-refractivity contribution in [1.82, 2.24) is 0 Å². The molecule has 0 aromatic heterocycles. The highest BCUT2D eigenvalue weighted by atomic mass is 32.2. The van der Waals surface area contributed by atoms with Crippen molar-refractivity contribution in [2.75, 3.05) is 10.8 Å². The van der Waals surface area contributed by atoms with Crippen molar-refractivity contribution in [2.45, 2.75) is 31.9 Å². The summed E-state index contributed by atoms with van der Waals surface area (Å²) in [5, 5.41) is 6.10. The average molecular weight is 286 g/mol. The van der Waals surface area contributed by atoms with Crippen LogP contribution in [-0.2, 0) is 4.79 Å². The number of hydrogen-bond donors (Lipinski definition) is 0. The Bertz CT molecular complexity index is 621. The van der Waals surface area contributed by atoms with Crippen molar-refractivity contribution < 1.29 is 4.79 Å². The number of hydrogen-bond acceptors (Lipinski definition) is 3. The average Bonchev–Trinajstić information content (AvgIpc) is 2.69. The number of nitrogens with zero attached hydrogens (tertiary/aromatic N) is 2. The first kappa shape index (κ1) is 13.4. The molecule has 2 aliphatic rings. The predicted octanol–water partition coefficient (Wildman–Crippen LogP) is 3.62. The maximum absolute atomic E-state index is 12.9. The van der Waals surface area contributed by atoms with E-state index < -0.39 is 4.75 Å². The molecule has 1 atom stereocenters. The monoisotopic (exact) mass is 286 g/mol. The van der Waals surface area contributed by atoms with Gasteiger partial charge in [-0.1, -0.05) is 29.3 Å². The summed E-state index contributed by atoms with van der Waals surface area (Å²) < 4.78 is -0.487. The summed E-state index contributed by atoms with van der Waals surface area (Å²) in [5.74, 6) is 1.01. The quantitative estimate of drug-likeness (QED) is 0.739. The first-order valence-electron chi connectivity index (χ1n) is 6.79. The second kappa shape index (κ2) is 4.77. The Balaban J connectivity index is 1.98. The Morgan fingerprint density at radius 1 is 1.15 bits per heavy atom. The molecule has 0 saturated carbocycles. The lowest BCUT2D eigenvalue weighted by Gasteiger charge is -2.32. The zero-order valence-corrected chi connectivity index (χ0v) is 12.8. The number of anilines is 1. The maximum atomic E-state index is 12.9. The largest absolute Gasteiger partial charge is 0.270 e. The number of thioether (sulfide) groups is 1. The second-order valence-electron chi connectivity index (χ2n) is 5.49. The molecule has 2 aliphatic heterocycles. The zero-order chi connectivity index (χ0) is 14.3. The van der Waals surface area contributed by atoms with Crippen LogP contribution in [0.25, 0.3) is 0 Å². The Labute approximate surface area is 123 Å². The number of hydrazone groups is 1. The van der Waals surface area contributed by atoms with Gasteiger partial charge in [-0.15, -0.1) is 11.8 Å².